The summed E-state index contributed by atoms with van der Waals surface area (Å²) in [6.07, 6.45) is 1.66. The first-order valence-corrected chi connectivity index (χ1v) is 7.66. The SMILES string of the molecule is COc1cccc(-n2cnnc2SCc2cccc(F)c2)c1. The lowest BCUT2D eigenvalue weighted by Crippen LogP contribution is -1.96. The predicted octanol–water partition coefficient (Wildman–Crippen LogP) is 3.71. The molecule has 0 amide bonds. The second kappa shape index (κ2) is 6.62. The third-order valence-electron chi connectivity index (χ3n) is 3.10. The largest absolute Gasteiger partial charge is 0.497 e. The molecule has 0 radical (unpaired) electrons. The molecule has 3 rings (SSSR count). The van der Waals surface area contributed by atoms with Crippen molar-refractivity contribution in [1.82, 2.24) is 14.8 Å². The van der Waals surface area contributed by atoms with E-state index in [1.807, 2.05) is 34.9 Å². The van der Waals surface area contributed by atoms with E-state index in [4.69, 9.17) is 4.74 Å². The van der Waals surface area contributed by atoms with Crippen LogP contribution in [0.2, 0.25) is 0 Å². The zero-order valence-corrected chi connectivity index (χ0v) is 12.8. The zero-order valence-electron chi connectivity index (χ0n) is 11.9. The van der Waals surface area contributed by atoms with E-state index in [2.05, 4.69) is 10.2 Å². The van der Waals surface area contributed by atoms with Crippen molar-refractivity contribution in [1.29, 1.82) is 0 Å². The van der Waals surface area contributed by atoms with E-state index in [0.29, 0.717) is 5.75 Å². The van der Waals surface area contributed by atoms with E-state index in [-0.39, 0.29) is 5.82 Å². The summed E-state index contributed by atoms with van der Waals surface area (Å²) in [6, 6.07) is 14.2. The van der Waals surface area contributed by atoms with E-state index in [0.717, 1.165) is 22.2 Å². The summed E-state index contributed by atoms with van der Waals surface area (Å²) in [4.78, 5) is 0. The summed E-state index contributed by atoms with van der Waals surface area (Å²) < 4.78 is 20.3. The molecule has 112 valence electrons. The Morgan fingerprint density at radius 2 is 2.05 bits per heavy atom. The highest BCUT2D eigenvalue weighted by atomic mass is 32.2. The molecule has 1 aromatic heterocycles. The number of thioether (sulfide) groups is 1. The van der Waals surface area contributed by atoms with Crippen LogP contribution >= 0.6 is 11.8 Å². The van der Waals surface area contributed by atoms with E-state index < -0.39 is 0 Å². The van der Waals surface area contributed by atoms with Crippen molar-refractivity contribution >= 4 is 11.8 Å². The summed E-state index contributed by atoms with van der Waals surface area (Å²) in [5.41, 5.74) is 1.83. The van der Waals surface area contributed by atoms with Gasteiger partial charge in [0, 0.05) is 11.8 Å². The molecule has 2 aromatic carbocycles. The quantitative estimate of drug-likeness (QED) is 0.673. The fourth-order valence-corrected chi connectivity index (χ4v) is 2.91. The van der Waals surface area contributed by atoms with Gasteiger partial charge in [-0.05, 0) is 29.8 Å². The zero-order chi connectivity index (χ0) is 15.4. The summed E-state index contributed by atoms with van der Waals surface area (Å²) in [5.74, 6) is 1.17. The van der Waals surface area contributed by atoms with Crippen molar-refractivity contribution in [3.63, 3.8) is 0 Å². The Kier molecular flexibility index (Phi) is 4.39. The Morgan fingerprint density at radius 1 is 1.18 bits per heavy atom. The topological polar surface area (TPSA) is 39.9 Å². The van der Waals surface area contributed by atoms with Crippen LogP contribution in [0.1, 0.15) is 5.56 Å². The number of methoxy groups -OCH3 is 1. The van der Waals surface area contributed by atoms with E-state index >= 15 is 0 Å². The number of ether oxygens (including phenoxy) is 1. The number of hydrogen-bond acceptors (Lipinski definition) is 4. The Bertz CT molecular complexity index is 775. The van der Waals surface area contributed by atoms with Gasteiger partial charge in [-0.2, -0.15) is 0 Å². The Labute approximate surface area is 132 Å². The summed E-state index contributed by atoms with van der Waals surface area (Å²) in [6.45, 7) is 0. The van der Waals surface area contributed by atoms with Crippen LogP contribution in [0.5, 0.6) is 5.75 Å². The summed E-state index contributed by atoms with van der Waals surface area (Å²) >= 11 is 1.51. The van der Waals surface area contributed by atoms with Crippen molar-refractivity contribution in [2.24, 2.45) is 0 Å². The van der Waals surface area contributed by atoms with Gasteiger partial charge in [0.05, 0.1) is 12.8 Å². The summed E-state index contributed by atoms with van der Waals surface area (Å²) in [5, 5.41) is 8.84. The van der Waals surface area contributed by atoms with Gasteiger partial charge in [-0.1, -0.05) is 30.0 Å². The van der Waals surface area contributed by atoms with Gasteiger partial charge < -0.3 is 4.74 Å². The highest BCUT2D eigenvalue weighted by Gasteiger charge is 2.08. The minimum Gasteiger partial charge on any atom is -0.497 e. The van der Waals surface area contributed by atoms with Crippen LogP contribution < -0.4 is 4.74 Å². The standard InChI is InChI=1S/C16H14FN3OS/c1-21-15-7-3-6-14(9-15)20-11-18-19-16(20)22-10-12-4-2-5-13(17)8-12/h2-9,11H,10H2,1H3. The van der Waals surface area contributed by atoms with Crippen LogP contribution in [0.3, 0.4) is 0 Å². The number of rotatable bonds is 5. The Balaban J connectivity index is 1.80. The molecule has 22 heavy (non-hydrogen) atoms. The van der Waals surface area contributed by atoms with Crippen LogP contribution in [0, 0.1) is 5.82 Å². The highest BCUT2D eigenvalue weighted by Crippen LogP contribution is 2.25. The second-order valence-corrected chi connectivity index (χ2v) is 5.55. The molecule has 0 unspecified atom stereocenters. The fraction of sp³-hybridized carbons (Fsp3) is 0.125. The molecule has 0 bridgehead atoms. The van der Waals surface area contributed by atoms with Crippen LogP contribution in [-0.4, -0.2) is 21.9 Å². The molecule has 0 atom stereocenters. The first-order chi connectivity index (χ1) is 10.8. The molecule has 0 saturated heterocycles. The van der Waals surface area contributed by atoms with Gasteiger partial charge in [0.1, 0.15) is 17.9 Å². The third kappa shape index (κ3) is 3.28. The van der Waals surface area contributed by atoms with E-state index in [1.165, 1.54) is 23.9 Å². The number of aromatic nitrogens is 3. The van der Waals surface area contributed by atoms with Crippen molar-refractivity contribution in [2.45, 2.75) is 10.9 Å². The average molecular weight is 315 g/mol. The third-order valence-corrected chi connectivity index (χ3v) is 4.12. The number of hydrogen-bond donors (Lipinski definition) is 0. The molecule has 3 aromatic rings. The van der Waals surface area contributed by atoms with Crippen LogP contribution in [-0.2, 0) is 5.75 Å². The van der Waals surface area contributed by atoms with E-state index in [1.54, 1.807) is 19.5 Å². The molecule has 0 saturated carbocycles. The van der Waals surface area contributed by atoms with Crippen molar-refractivity contribution in [2.75, 3.05) is 7.11 Å². The minimum absolute atomic E-state index is 0.229. The molecular formula is C16H14FN3OS. The van der Waals surface area contributed by atoms with Gasteiger partial charge in [0.25, 0.3) is 0 Å². The summed E-state index contributed by atoms with van der Waals surface area (Å²) in [7, 11) is 1.63. The predicted molar refractivity (Wildman–Crippen MR) is 83.9 cm³/mol. The normalized spacial score (nSPS) is 10.6. The minimum atomic E-state index is -0.229. The number of benzene rings is 2. The fourth-order valence-electron chi connectivity index (χ4n) is 2.03. The van der Waals surface area contributed by atoms with Gasteiger partial charge in [0.15, 0.2) is 5.16 Å². The molecule has 0 spiro atoms. The molecular weight excluding hydrogens is 301 g/mol. The molecule has 0 N–H and O–H groups in total. The second-order valence-electron chi connectivity index (χ2n) is 4.60. The highest BCUT2D eigenvalue weighted by molar-refractivity contribution is 7.98. The van der Waals surface area contributed by atoms with Gasteiger partial charge in [-0.15, -0.1) is 10.2 Å². The Hall–Kier alpha value is -2.34. The molecule has 0 aliphatic carbocycles. The molecule has 0 aliphatic heterocycles. The lowest BCUT2D eigenvalue weighted by Gasteiger charge is -2.08. The molecule has 1 heterocycles. The lowest BCUT2D eigenvalue weighted by molar-refractivity contribution is 0.414. The molecule has 0 aliphatic rings. The maximum atomic E-state index is 13.2. The number of nitrogens with zero attached hydrogens (tertiary/aromatic N) is 3. The average Bonchev–Trinajstić information content (AvgIpc) is 3.01. The van der Waals surface area contributed by atoms with Gasteiger partial charge in [0.2, 0.25) is 0 Å². The molecule has 4 nitrogen and oxygen atoms in total. The smallest absolute Gasteiger partial charge is 0.195 e. The first kappa shape index (κ1) is 14.6. The first-order valence-electron chi connectivity index (χ1n) is 6.68. The van der Waals surface area contributed by atoms with E-state index in [9.17, 15) is 4.39 Å². The van der Waals surface area contributed by atoms with Crippen molar-refractivity contribution in [3.05, 3.63) is 66.2 Å². The van der Waals surface area contributed by atoms with Gasteiger partial charge >= 0.3 is 0 Å². The van der Waals surface area contributed by atoms with Crippen LogP contribution in [0.25, 0.3) is 5.69 Å². The van der Waals surface area contributed by atoms with Crippen molar-refractivity contribution < 1.29 is 9.13 Å². The molecule has 6 heteroatoms. The lowest BCUT2D eigenvalue weighted by atomic mass is 10.2. The van der Waals surface area contributed by atoms with Gasteiger partial charge in [-0.25, -0.2) is 4.39 Å². The molecule has 0 fully saturated rings. The van der Waals surface area contributed by atoms with Gasteiger partial charge in [-0.3, -0.25) is 4.57 Å². The number of halogens is 1. The Morgan fingerprint density at radius 3 is 2.86 bits per heavy atom. The maximum Gasteiger partial charge on any atom is 0.195 e. The van der Waals surface area contributed by atoms with Crippen LogP contribution in [0.15, 0.2) is 60.0 Å². The monoisotopic (exact) mass is 315 g/mol. The maximum absolute atomic E-state index is 13.2. The van der Waals surface area contributed by atoms with Crippen molar-refractivity contribution in [3.8, 4) is 11.4 Å². The van der Waals surface area contributed by atoms with Crippen LogP contribution in [0.4, 0.5) is 4.39 Å².